The second-order valence-corrected chi connectivity index (χ2v) is 5.38. The van der Waals surface area contributed by atoms with Gasteiger partial charge in [0.15, 0.2) is 0 Å². The van der Waals surface area contributed by atoms with Crippen LogP contribution >= 0.6 is 11.6 Å². The molecule has 0 bridgehead atoms. The Morgan fingerprint density at radius 2 is 2.06 bits per heavy atom. The van der Waals surface area contributed by atoms with Crippen LogP contribution in [-0.2, 0) is 0 Å². The van der Waals surface area contributed by atoms with Gasteiger partial charge in [0, 0.05) is 6.54 Å². The number of halogens is 1. The molecule has 0 amide bonds. The maximum absolute atomic E-state index is 6.09. The number of rotatable bonds is 5. The van der Waals surface area contributed by atoms with Crippen LogP contribution in [0.2, 0.25) is 5.02 Å². The summed E-state index contributed by atoms with van der Waals surface area (Å²) in [4.78, 5) is 0. The van der Waals surface area contributed by atoms with Crippen molar-refractivity contribution >= 4 is 23.0 Å². The molecule has 0 saturated carbocycles. The number of hydrogen-bond acceptors (Lipinski definition) is 2. The first-order chi connectivity index (χ1) is 7.46. The van der Waals surface area contributed by atoms with Crippen molar-refractivity contribution in [2.75, 3.05) is 17.6 Å². The summed E-state index contributed by atoms with van der Waals surface area (Å²) in [5.74, 6) is 0. The third-order valence-corrected chi connectivity index (χ3v) is 3.03. The fraction of sp³-hybridized carbons (Fsp3) is 0.538. The van der Waals surface area contributed by atoms with Gasteiger partial charge in [-0.25, -0.2) is 0 Å². The Balaban J connectivity index is 2.68. The van der Waals surface area contributed by atoms with Crippen molar-refractivity contribution in [2.24, 2.45) is 5.41 Å². The Kier molecular flexibility index (Phi) is 4.48. The lowest BCUT2D eigenvalue weighted by atomic mass is 9.88. The molecule has 0 heterocycles. The minimum absolute atomic E-state index is 0.264. The maximum atomic E-state index is 6.09. The SMILES string of the molecule is CCCC(C)(C)CNc1c(N)cccc1Cl. The zero-order valence-corrected chi connectivity index (χ0v) is 11.1. The van der Waals surface area contributed by atoms with Crippen molar-refractivity contribution in [3.05, 3.63) is 23.2 Å². The van der Waals surface area contributed by atoms with Crippen molar-refractivity contribution in [1.82, 2.24) is 0 Å². The van der Waals surface area contributed by atoms with E-state index in [0.717, 1.165) is 12.2 Å². The topological polar surface area (TPSA) is 38.0 Å². The average Bonchev–Trinajstić information content (AvgIpc) is 2.16. The van der Waals surface area contributed by atoms with Gasteiger partial charge in [0.2, 0.25) is 0 Å². The average molecular weight is 241 g/mol. The van der Waals surface area contributed by atoms with Crippen LogP contribution in [0.25, 0.3) is 0 Å². The number of hydrogen-bond donors (Lipinski definition) is 2. The monoisotopic (exact) mass is 240 g/mol. The molecule has 1 rings (SSSR count). The lowest BCUT2D eigenvalue weighted by Crippen LogP contribution is -2.23. The Hall–Kier alpha value is -0.890. The van der Waals surface area contributed by atoms with Crippen molar-refractivity contribution in [2.45, 2.75) is 33.6 Å². The van der Waals surface area contributed by atoms with Crippen LogP contribution in [-0.4, -0.2) is 6.54 Å². The predicted octanol–water partition coefficient (Wildman–Crippen LogP) is 4.16. The van der Waals surface area contributed by atoms with E-state index in [1.165, 1.54) is 12.8 Å². The number of nitrogen functional groups attached to an aromatic ring is 1. The summed E-state index contributed by atoms with van der Waals surface area (Å²) in [5, 5.41) is 4.04. The van der Waals surface area contributed by atoms with E-state index in [1.807, 2.05) is 18.2 Å². The molecule has 16 heavy (non-hydrogen) atoms. The molecular formula is C13H21ClN2. The van der Waals surface area contributed by atoms with E-state index in [4.69, 9.17) is 17.3 Å². The first kappa shape index (κ1) is 13.2. The smallest absolute Gasteiger partial charge is 0.0763 e. The zero-order chi connectivity index (χ0) is 12.2. The van der Waals surface area contributed by atoms with Gasteiger partial charge < -0.3 is 11.1 Å². The van der Waals surface area contributed by atoms with E-state index in [2.05, 4.69) is 26.1 Å². The zero-order valence-electron chi connectivity index (χ0n) is 10.3. The summed E-state index contributed by atoms with van der Waals surface area (Å²) in [5.41, 5.74) is 7.71. The van der Waals surface area contributed by atoms with Crippen LogP contribution in [0.1, 0.15) is 33.6 Å². The van der Waals surface area contributed by atoms with Crippen LogP contribution in [0, 0.1) is 5.41 Å². The van der Waals surface area contributed by atoms with Crippen LogP contribution in [0.4, 0.5) is 11.4 Å². The summed E-state index contributed by atoms with van der Waals surface area (Å²) in [6.07, 6.45) is 2.37. The Morgan fingerprint density at radius 1 is 1.38 bits per heavy atom. The molecule has 1 aromatic rings. The van der Waals surface area contributed by atoms with E-state index < -0.39 is 0 Å². The number of nitrogens with two attached hydrogens (primary N) is 1. The molecule has 0 aliphatic rings. The lowest BCUT2D eigenvalue weighted by Gasteiger charge is -2.25. The van der Waals surface area contributed by atoms with Gasteiger partial charge in [0.1, 0.15) is 0 Å². The fourth-order valence-electron chi connectivity index (χ4n) is 1.82. The Labute approximate surface area is 103 Å². The van der Waals surface area contributed by atoms with E-state index in [-0.39, 0.29) is 5.41 Å². The minimum atomic E-state index is 0.264. The number of benzene rings is 1. The molecule has 0 aliphatic carbocycles. The highest BCUT2D eigenvalue weighted by molar-refractivity contribution is 6.33. The van der Waals surface area contributed by atoms with Gasteiger partial charge in [-0.15, -0.1) is 0 Å². The van der Waals surface area contributed by atoms with E-state index in [1.54, 1.807) is 0 Å². The highest BCUT2D eigenvalue weighted by Gasteiger charge is 2.17. The molecule has 0 saturated heterocycles. The summed E-state index contributed by atoms with van der Waals surface area (Å²) in [6.45, 7) is 7.58. The maximum Gasteiger partial charge on any atom is 0.0763 e. The van der Waals surface area contributed by atoms with Crippen molar-refractivity contribution < 1.29 is 0 Å². The quantitative estimate of drug-likeness (QED) is 0.759. The lowest BCUT2D eigenvalue weighted by molar-refractivity contribution is 0.355. The van der Waals surface area contributed by atoms with Crippen molar-refractivity contribution in [3.8, 4) is 0 Å². The van der Waals surface area contributed by atoms with Gasteiger partial charge in [0.05, 0.1) is 16.4 Å². The molecule has 2 nitrogen and oxygen atoms in total. The van der Waals surface area contributed by atoms with Gasteiger partial charge in [-0.2, -0.15) is 0 Å². The fourth-order valence-corrected chi connectivity index (χ4v) is 2.07. The first-order valence-electron chi connectivity index (χ1n) is 5.74. The molecule has 1 aromatic carbocycles. The highest BCUT2D eigenvalue weighted by atomic mass is 35.5. The van der Waals surface area contributed by atoms with Crippen LogP contribution in [0.15, 0.2) is 18.2 Å². The predicted molar refractivity (Wildman–Crippen MR) is 73.0 cm³/mol. The molecule has 0 radical (unpaired) electrons. The van der Waals surface area contributed by atoms with Crippen molar-refractivity contribution in [3.63, 3.8) is 0 Å². The standard InChI is InChI=1S/C13H21ClN2/c1-4-8-13(2,3)9-16-12-10(14)6-5-7-11(12)15/h5-7,16H,4,8-9,15H2,1-3H3. The third-order valence-electron chi connectivity index (χ3n) is 2.72. The van der Waals surface area contributed by atoms with Crippen LogP contribution in [0.3, 0.4) is 0 Å². The third kappa shape index (κ3) is 3.60. The molecule has 3 N–H and O–H groups in total. The molecule has 0 aliphatic heterocycles. The number of anilines is 2. The summed E-state index contributed by atoms with van der Waals surface area (Å²) in [6, 6.07) is 5.58. The number of nitrogens with one attached hydrogen (secondary N) is 1. The molecule has 0 fully saturated rings. The molecule has 90 valence electrons. The van der Waals surface area contributed by atoms with E-state index in [0.29, 0.717) is 10.7 Å². The summed E-state index contributed by atoms with van der Waals surface area (Å²) >= 11 is 6.09. The molecule has 0 unspecified atom stereocenters. The molecule has 0 aromatic heterocycles. The van der Waals surface area contributed by atoms with Gasteiger partial charge in [-0.3, -0.25) is 0 Å². The normalized spacial score (nSPS) is 11.5. The summed E-state index contributed by atoms with van der Waals surface area (Å²) in [7, 11) is 0. The highest BCUT2D eigenvalue weighted by Crippen LogP contribution is 2.30. The van der Waals surface area contributed by atoms with Gasteiger partial charge in [-0.1, -0.05) is 44.9 Å². The van der Waals surface area contributed by atoms with Gasteiger partial charge in [0.25, 0.3) is 0 Å². The molecular weight excluding hydrogens is 220 g/mol. The first-order valence-corrected chi connectivity index (χ1v) is 6.12. The second kappa shape index (κ2) is 5.44. The van der Waals surface area contributed by atoms with Crippen LogP contribution in [0.5, 0.6) is 0 Å². The van der Waals surface area contributed by atoms with Crippen molar-refractivity contribution in [1.29, 1.82) is 0 Å². The largest absolute Gasteiger partial charge is 0.397 e. The van der Waals surface area contributed by atoms with E-state index in [9.17, 15) is 0 Å². The molecule has 0 spiro atoms. The second-order valence-electron chi connectivity index (χ2n) is 4.97. The van der Waals surface area contributed by atoms with E-state index >= 15 is 0 Å². The molecule has 3 heteroatoms. The Morgan fingerprint density at radius 3 is 2.62 bits per heavy atom. The minimum Gasteiger partial charge on any atom is -0.397 e. The van der Waals surface area contributed by atoms with Gasteiger partial charge >= 0.3 is 0 Å². The number of para-hydroxylation sites is 1. The van der Waals surface area contributed by atoms with Gasteiger partial charge in [-0.05, 0) is 24.0 Å². The van der Waals surface area contributed by atoms with Crippen LogP contribution < -0.4 is 11.1 Å². The summed E-state index contributed by atoms with van der Waals surface area (Å²) < 4.78 is 0. The molecule has 0 atom stereocenters. The Bertz CT molecular complexity index is 328.